The minimum Gasteiger partial charge on any atom is -0.350 e. The highest BCUT2D eigenvalue weighted by Crippen LogP contribution is 2.20. The van der Waals surface area contributed by atoms with Gasteiger partial charge in [-0.2, -0.15) is 0 Å². The molecule has 1 unspecified atom stereocenters. The monoisotopic (exact) mass is 415 g/mol. The highest BCUT2D eigenvalue weighted by Gasteiger charge is 2.21. The van der Waals surface area contributed by atoms with E-state index in [-0.39, 0.29) is 36.2 Å². The van der Waals surface area contributed by atoms with Crippen molar-refractivity contribution in [2.45, 2.75) is 38.8 Å². The molecule has 3 amide bonds. The van der Waals surface area contributed by atoms with Crippen LogP contribution in [0.1, 0.15) is 49.2 Å². The molecular weight excluding hydrogens is 390 g/mol. The van der Waals surface area contributed by atoms with Crippen LogP contribution in [0.3, 0.4) is 0 Å². The van der Waals surface area contributed by atoms with E-state index in [2.05, 4.69) is 16.0 Å². The van der Waals surface area contributed by atoms with Crippen molar-refractivity contribution in [2.24, 2.45) is 0 Å². The Morgan fingerprint density at radius 1 is 0.931 bits per heavy atom. The van der Waals surface area contributed by atoms with Gasteiger partial charge in [0, 0.05) is 5.54 Å². The molecule has 0 spiro atoms. The first-order chi connectivity index (χ1) is 13.7. The van der Waals surface area contributed by atoms with Gasteiger partial charge >= 0.3 is 0 Å². The molecule has 0 radical (unpaired) electrons. The first-order valence-corrected chi connectivity index (χ1v) is 9.71. The van der Waals surface area contributed by atoms with Gasteiger partial charge < -0.3 is 16.0 Å². The molecular formula is C22H26ClN3O3. The fourth-order valence-corrected chi connectivity index (χ4v) is 2.94. The Morgan fingerprint density at radius 3 is 2.17 bits per heavy atom. The molecule has 0 aliphatic rings. The summed E-state index contributed by atoms with van der Waals surface area (Å²) in [5, 5.41) is 8.58. The predicted molar refractivity (Wildman–Crippen MR) is 114 cm³/mol. The van der Waals surface area contributed by atoms with E-state index in [9.17, 15) is 14.4 Å². The molecule has 0 aliphatic carbocycles. The molecule has 7 heteroatoms. The van der Waals surface area contributed by atoms with Crippen molar-refractivity contribution in [3.63, 3.8) is 0 Å². The summed E-state index contributed by atoms with van der Waals surface area (Å²) >= 11 is 6.11. The molecule has 0 saturated heterocycles. The molecule has 3 N–H and O–H groups in total. The van der Waals surface area contributed by atoms with Gasteiger partial charge in [-0.25, -0.2) is 0 Å². The summed E-state index contributed by atoms with van der Waals surface area (Å²) in [7, 11) is 0. The molecule has 2 aromatic carbocycles. The van der Waals surface area contributed by atoms with Crippen LogP contribution in [0.2, 0.25) is 5.02 Å². The first-order valence-electron chi connectivity index (χ1n) is 9.34. The minimum absolute atomic E-state index is 0.0109. The number of halogens is 1. The van der Waals surface area contributed by atoms with Crippen molar-refractivity contribution in [1.29, 1.82) is 0 Å². The standard InChI is InChI=1S/C22H26ClN3O3/c1-22(2,3)26-20(28)14-24-19(27)13-18(15-9-5-4-6-10-15)25-21(29)16-11-7-8-12-17(16)23/h4-12,18H,13-14H2,1-3H3,(H,24,27)(H,25,29)(H,26,28). The van der Waals surface area contributed by atoms with Gasteiger partial charge in [0.1, 0.15) is 0 Å². The van der Waals surface area contributed by atoms with E-state index in [0.717, 1.165) is 5.56 Å². The third-order valence-electron chi connectivity index (χ3n) is 3.98. The summed E-state index contributed by atoms with van der Waals surface area (Å²) in [6.45, 7) is 5.46. The third-order valence-corrected chi connectivity index (χ3v) is 4.31. The molecule has 0 heterocycles. The van der Waals surface area contributed by atoms with E-state index in [4.69, 9.17) is 11.6 Å². The zero-order valence-corrected chi connectivity index (χ0v) is 17.5. The zero-order valence-electron chi connectivity index (χ0n) is 16.8. The van der Waals surface area contributed by atoms with Crippen LogP contribution in [-0.4, -0.2) is 29.8 Å². The lowest BCUT2D eigenvalue weighted by Crippen LogP contribution is -2.46. The molecule has 154 valence electrons. The van der Waals surface area contributed by atoms with Gasteiger partial charge in [0.25, 0.3) is 5.91 Å². The van der Waals surface area contributed by atoms with E-state index in [1.54, 1.807) is 24.3 Å². The minimum atomic E-state index is -0.564. The van der Waals surface area contributed by atoms with Crippen LogP contribution < -0.4 is 16.0 Å². The number of benzene rings is 2. The largest absolute Gasteiger partial charge is 0.350 e. The number of carbonyl (C=O) groups is 3. The molecule has 29 heavy (non-hydrogen) atoms. The van der Waals surface area contributed by atoms with Crippen LogP contribution in [-0.2, 0) is 9.59 Å². The second-order valence-electron chi connectivity index (χ2n) is 7.70. The normalized spacial score (nSPS) is 12.0. The highest BCUT2D eigenvalue weighted by atomic mass is 35.5. The van der Waals surface area contributed by atoms with E-state index in [0.29, 0.717) is 10.6 Å². The molecule has 0 bridgehead atoms. The Morgan fingerprint density at radius 2 is 1.55 bits per heavy atom. The van der Waals surface area contributed by atoms with Crippen molar-refractivity contribution in [2.75, 3.05) is 6.54 Å². The molecule has 0 saturated carbocycles. The van der Waals surface area contributed by atoms with Crippen molar-refractivity contribution >= 4 is 29.3 Å². The maximum atomic E-state index is 12.7. The topological polar surface area (TPSA) is 87.3 Å². The average Bonchev–Trinajstić information content (AvgIpc) is 2.65. The summed E-state index contributed by atoms with van der Waals surface area (Å²) in [4.78, 5) is 37.0. The molecule has 6 nitrogen and oxygen atoms in total. The van der Waals surface area contributed by atoms with Crippen molar-refractivity contribution in [1.82, 2.24) is 16.0 Å². The Balaban J connectivity index is 2.05. The fourth-order valence-electron chi connectivity index (χ4n) is 2.72. The summed E-state index contributed by atoms with van der Waals surface area (Å²) in [6.07, 6.45) is -0.0109. The lowest BCUT2D eigenvalue weighted by Gasteiger charge is -2.21. The van der Waals surface area contributed by atoms with Crippen LogP contribution in [0.15, 0.2) is 54.6 Å². The number of hydrogen-bond donors (Lipinski definition) is 3. The van der Waals surface area contributed by atoms with Gasteiger partial charge in [-0.3, -0.25) is 14.4 Å². The molecule has 1 atom stereocenters. The van der Waals surface area contributed by atoms with Gasteiger partial charge in [-0.15, -0.1) is 0 Å². The predicted octanol–water partition coefficient (Wildman–Crippen LogP) is 3.23. The number of carbonyl (C=O) groups excluding carboxylic acids is 3. The van der Waals surface area contributed by atoms with Gasteiger partial charge in [-0.1, -0.05) is 54.1 Å². The van der Waals surface area contributed by atoms with Gasteiger partial charge in [0.15, 0.2) is 0 Å². The highest BCUT2D eigenvalue weighted by molar-refractivity contribution is 6.33. The van der Waals surface area contributed by atoms with Crippen LogP contribution in [0, 0.1) is 0 Å². The Bertz CT molecular complexity index is 863. The maximum absolute atomic E-state index is 12.7. The molecule has 2 aromatic rings. The van der Waals surface area contributed by atoms with E-state index >= 15 is 0 Å². The summed E-state index contributed by atoms with van der Waals surface area (Å²) in [5.41, 5.74) is 0.736. The van der Waals surface area contributed by atoms with Crippen molar-refractivity contribution in [3.8, 4) is 0 Å². The van der Waals surface area contributed by atoms with E-state index in [1.165, 1.54) is 0 Å². The third kappa shape index (κ3) is 7.58. The second-order valence-corrected chi connectivity index (χ2v) is 8.10. The molecule has 0 fully saturated rings. The van der Waals surface area contributed by atoms with Crippen LogP contribution in [0.4, 0.5) is 0 Å². The van der Waals surface area contributed by atoms with Gasteiger partial charge in [0.2, 0.25) is 11.8 Å². The second kappa shape index (κ2) is 10.1. The lowest BCUT2D eigenvalue weighted by molar-refractivity contribution is -0.127. The van der Waals surface area contributed by atoms with Crippen LogP contribution >= 0.6 is 11.6 Å². The van der Waals surface area contributed by atoms with E-state index < -0.39 is 6.04 Å². The molecule has 2 rings (SSSR count). The average molecular weight is 416 g/mol. The molecule has 0 aliphatic heterocycles. The molecule has 0 aromatic heterocycles. The summed E-state index contributed by atoms with van der Waals surface area (Å²) in [6, 6.07) is 15.3. The van der Waals surface area contributed by atoms with Gasteiger partial charge in [-0.05, 0) is 38.5 Å². The lowest BCUT2D eigenvalue weighted by atomic mass is 10.0. The number of rotatable bonds is 7. The zero-order chi connectivity index (χ0) is 21.4. The Hall–Kier alpha value is -2.86. The van der Waals surface area contributed by atoms with Gasteiger partial charge in [0.05, 0.1) is 29.6 Å². The quantitative estimate of drug-likeness (QED) is 0.648. The van der Waals surface area contributed by atoms with E-state index in [1.807, 2.05) is 51.1 Å². The number of hydrogen-bond acceptors (Lipinski definition) is 3. The Labute approximate surface area is 176 Å². The Kier molecular flexibility index (Phi) is 7.79. The van der Waals surface area contributed by atoms with Crippen LogP contribution in [0.25, 0.3) is 0 Å². The van der Waals surface area contributed by atoms with Crippen LogP contribution in [0.5, 0.6) is 0 Å². The number of amides is 3. The summed E-state index contributed by atoms with van der Waals surface area (Å²) < 4.78 is 0. The van der Waals surface area contributed by atoms with Crippen molar-refractivity contribution in [3.05, 3.63) is 70.7 Å². The fraction of sp³-hybridized carbons (Fsp3) is 0.318. The smallest absolute Gasteiger partial charge is 0.253 e. The van der Waals surface area contributed by atoms with Crippen molar-refractivity contribution < 1.29 is 14.4 Å². The summed E-state index contributed by atoms with van der Waals surface area (Å²) in [5.74, 6) is -0.993. The number of nitrogens with one attached hydrogen (secondary N) is 3. The first kappa shape index (κ1) is 22.4. The maximum Gasteiger partial charge on any atom is 0.253 e. The SMILES string of the molecule is CC(C)(C)NC(=O)CNC(=O)CC(NC(=O)c1ccccc1Cl)c1ccccc1.